The van der Waals surface area contributed by atoms with Crippen LogP contribution < -0.4 is 11.1 Å². The molecule has 0 aromatic heterocycles. The van der Waals surface area contributed by atoms with Crippen molar-refractivity contribution in [2.75, 3.05) is 6.54 Å². The molecule has 2 unspecified atom stereocenters. The van der Waals surface area contributed by atoms with Crippen LogP contribution in [-0.2, 0) is 11.2 Å². The van der Waals surface area contributed by atoms with Gasteiger partial charge >= 0.3 is 0 Å². The molecule has 3 atom stereocenters. The lowest BCUT2D eigenvalue weighted by Gasteiger charge is -2.39. The zero-order chi connectivity index (χ0) is 20.2. The summed E-state index contributed by atoms with van der Waals surface area (Å²) in [5.74, 6) is -0.245. The molecule has 2 saturated heterocycles. The number of benzene rings is 2. The summed E-state index contributed by atoms with van der Waals surface area (Å²) in [6, 6.07) is 17.8. The summed E-state index contributed by atoms with van der Waals surface area (Å²) in [6.45, 7) is 1.02. The van der Waals surface area contributed by atoms with Crippen LogP contribution in [0.25, 0.3) is 0 Å². The molecular weight excluding hydrogens is 365 g/mol. The van der Waals surface area contributed by atoms with Gasteiger partial charge in [0.15, 0.2) is 0 Å². The highest BCUT2D eigenvalue weighted by atomic mass is 19.1. The van der Waals surface area contributed by atoms with Gasteiger partial charge in [-0.15, -0.1) is 0 Å². The van der Waals surface area contributed by atoms with Gasteiger partial charge in [0.25, 0.3) is 0 Å². The molecule has 0 spiro atoms. The van der Waals surface area contributed by atoms with E-state index in [9.17, 15) is 9.18 Å². The van der Waals surface area contributed by atoms with Crippen LogP contribution in [0.15, 0.2) is 54.6 Å². The minimum atomic E-state index is -0.273. The normalized spacial score (nSPS) is 25.0. The fraction of sp³-hybridized carbons (Fsp3) is 0.458. The molecule has 3 N–H and O–H groups in total. The van der Waals surface area contributed by atoms with Gasteiger partial charge in [0.2, 0.25) is 5.91 Å². The van der Waals surface area contributed by atoms with Crippen LogP contribution in [0.1, 0.15) is 49.3 Å². The van der Waals surface area contributed by atoms with E-state index >= 15 is 0 Å². The van der Waals surface area contributed by atoms with Gasteiger partial charge in [-0.1, -0.05) is 42.5 Å². The number of fused-ring (bicyclic) bond motifs is 2. The van der Waals surface area contributed by atoms with Gasteiger partial charge in [-0.25, -0.2) is 4.39 Å². The van der Waals surface area contributed by atoms with E-state index in [2.05, 4.69) is 22.3 Å². The molecule has 2 aromatic rings. The average Bonchev–Trinajstić information content (AvgIpc) is 2.96. The smallest absolute Gasteiger partial charge is 0.224 e. The van der Waals surface area contributed by atoms with Crippen LogP contribution in [0.5, 0.6) is 0 Å². The predicted octanol–water partition coefficient (Wildman–Crippen LogP) is 3.57. The summed E-state index contributed by atoms with van der Waals surface area (Å²) in [7, 11) is 0. The number of halogens is 1. The summed E-state index contributed by atoms with van der Waals surface area (Å²) < 4.78 is 13.0. The number of rotatable bonds is 7. The van der Waals surface area contributed by atoms with E-state index in [0.717, 1.165) is 31.4 Å². The highest BCUT2D eigenvalue weighted by molar-refractivity contribution is 5.78. The lowest BCUT2D eigenvalue weighted by atomic mass is 9.95. The molecule has 0 aliphatic carbocycles. The van der Waals surface area contributed by atoms with Gasteiger partial charge in [-0.3, -0.25) is 9.69 Å². The van der Waals surface area contributed by atoms with Gasteiger partial charge in [-0.2, -0.15) is 0 Å². The van der Waals surface area contributed by atoms with Crippen molar-refractivity contribution in [3.8, 4) is 0 Å². The highest BCUT2D eigenvalue weighted by Crippen LogP contribution is 2.36. The maximum atomic E-state index is 13.0. The van der Waals surface area contributed by atoms with Crippen LogP contribution >= 0.6 is 0 Å². The molecule has 2 bridgehead atoms. The van der Waals surface area contributed by atoms with E-state index < -0.39 is 0 Å². The summed E-state index contributed by atoms with van der Waals surface area (Å²) in [5.41, 5.74) is 8.44. The maximum absolute atomic E-state index is 13.0. The largest absolute Gasteiger partial charge is 0.353 e. The van der Waals surface area contributed by atoms with E-state index in [0.29, 0.717) is 18.5 Å². The highest BCUT2D eigenvalue weighted by Gasteiger charge is 2.40. The molecule has 2 aliphatic rings. The second-order valence-electron chi connectivity index (χ2n) is 8.47. The maximum Gasteiger partial charge on any atom is 0.224 e. The first-order valence-corrected chi connectivity index (χ1v) is 10.7. The van der Waals surface area contributed by atoms with Gasteiger partial charge in [0, 0.05) is 30.7 Å². The second-order valence-corrected chi connectivity index (χ2v) is 8.47. The SMILES string of the molecule is N[C@@H](CCN1C2CCC1CC(NC(=O)Cc1ccc(F)cc1)C2)c1ccccc1. The van der Waals surface area contributed by atoms with Gasteiger partial charge in [0.1, 0.15) is 5.82 Å². The quantitative estimate of drug-likeness (QED) is 0.754. The van der Waals surface area contributed by atoms with E-state index in [1.54, 1.807) is 12.1 Å². The van der Waals surface area contributed by atoms with Crippen molar-refractivity contribution in [1.29, 1.82) is 0 Å². The molecule has 4 rings (SSSR count). The molecule has 2 aromatic carbocycles. The van der Waals surface area contributed by atoms with Gasteiger partial charge < -0.3 is 11.1 Å². The lowest BCUT2D eigenvalue weighted by molar-refractivity contribution is -0.121. The number of hydrogen-bond acceptors (Lipinski definition) is 3. The third kappa shape index (κ3) is 5.03. The minimum Gasteiger partial charge on any atom is -0.353 e. The molecule has 0 saturated carbocycles. The van der Waals surface area contributed by atoms with E-state index in [1.807, 2.05) is 18.2 Å². The van der Waals surface area contributed by atoms with E-state index in [1.165, 1.54) is 30.5 Å². The Hall–Kier alpha value is -2.24. The van der Waals surface area contributed by atoms with Crippen molar-refractivity contribution in [1.82, 2.24) is 10.2 Å². The molecule has 2 heterocycles. The zero-order valence-electron chi connectivity index (χ0n) is 16.8. The molecule has 5 heteroatoms. The van der Waals surface area contributed by atoms with Crippen LogP contribution in [-0.4, -0.2) is 35.5 Å². The van der Waals surface area contributed by atoms with E-state index in [4.69, 9.17) is 5.73 Å². The van der Waals surface area contributed by atoms with Crippen molar-refractivity contribution in [3.05, 3.63) is 71.5 Å². The number of nitrogens with one attached hydrogen (secondary N) is 1. The van der Waals surface area contributed by atoms with Crippen LogP contribution in [0.2, 0.25) is 0 Å². The monoisotopic (exact) mass is 395 g/mol. The molecule has 2 fully saturated rings. The van der Waals surface area contributed by atoms with Gasteiger partial charge in [-0.05, 0) is 55.4 Å². The number of amides is 1. The Morgan fingerprint density at radius 1 is 1.07 bits per heavy atom. The molecular formula is C24H30FN3O. The predicted molar refractivity (Wildman–Crippen MR) is 113 cm³/mol. The fourth-order valence-corrected chi connectivity index (χ4v) is 4.98. The number of hydrogen-bond donors (Lipinski definition) is 2. The zero-order valence-corrected chi connectivity index (χ0v) is 16.8. The third-order valence-electron chi connectivity index (χ3n) is 6.45. The lowest BCUT2D eigenvalue weighted by Crippen LogP contribution is -2.51. The number of carbonyl (C=O) groups excluding carboxylic acids is 1. The first-order chi connectivity index (χ1) is 14.1. The number of piperidine rings is 1. The Morgan fingerprint density at radius 2 is 1.72 bits per heavy atom. The van der Waals surface area contributed by atoms with Crippen LogP contribution in [0.4, 0.5) is 4.39 Å². The first kappa shape index (κ1) is 20.0. The van der Waals surface area contributed by atoms with Crippen molar-refractivity contribution >= 4 is 5.91 Å². The number of nitrogens with zero attached hydrogens (tertiary/aromatic N) is 1. The minimum absolute atomic E-state index is 0.0283. The summed E-state index contributed by atoms with van der Waals surface area (Å²) >= 11 is 0. The molecule has 29 heavy (non-hydrogen) atoms. The summed E-state index contributed by atoms with van der Waals surface area (Å²) in [5, 5.41) is 3.21. The topological polar surface area (TPSA) is 58.4 Å². The Balaban J connectivity index is 1.26. The first-order valence-electron chi connectivity index (χ1n) is 10.7. The third-order valence-corrected chi connectivity index (χ3v) is 6.45. The number of carbonyl (C=O) groups is 1. The standard InChI is InChI=1S/C24H30FN3O/c25-19-8-6-17(7-9-19)14-24(29)27-20-15-21-10-11-22(16-20)28(21)13-12-23(26)18-4-2-1-3-5-18/h1-9,20-23H,10-16,26H2,(H,27,29)/t20?,21?,22?,23-/m0/s1. The molecule has 154 valence electrons. The van der Waals surface area contributed by atoms with Crippen molar-refractivity contribution < 1.29 is 9.18 Å². The summed E-state index contributed by atoms with van der Waals surface area (Å²) in [4.78, 5) is 15.0. The molecule has 1 amide bonds. The Labute approximate surface area is 172 Å². The number of nitrogens with two attached hydrogens (primary N) is 1. The van der Waals surface area contributed by atoms with Crippen molar-refractivity contribution in [3.63, 3.8) is 0 Å². The van der Waals surface area contributed by atoms with Crippen molar-refractivity contribution in [2.24, 2.45) is 5.73 Å². The Bertz CT molecular complexity index is 797. The molecule has 2 aliphatic heterocycles. The van der Waals surface area contributed by atoms with Crippen LogP contribution in [0, 0.1) is 5.82 Å². The fourth-order valence-electron chi connectivity index (χ4n) is 4.98. The molecule has 0 radical (unpaired) electrons. The van der Waals surface area contributed by atoms with E-state index in [-0.39, 0.29) is 23.8 Å². The summed E-state index contributed by atoms with van der Waals surface area (Å²) in [6.07, 6.45) is 5.68. The molecule has 4 nitrogen and oxygen atoms in total. The average molecular weight is 396 g/mol. The Morgan fingerprint density at radius 3 is 2.38 bits per heavy atom. The van der Waals surface area contributed by atoms with Crippen molar-refractivity contribution in [2.45, 2.75) is 62.7 Å². The Kier molecular flexibility index (Phi) is 6.26. The second kappa shape index (κ2) is 9.06. The van der Waals surface area contributed by atoms with Crippen LogP contribution in [0.3, 0.4) is 0 Å². The van der Waals surface area contributed by atoms with Gasteiger partial charge in [0.05, 0.1) is 6.42 Å².